The van der Waals surface area contributed by atoms with Gasteiger partial charge in [0.05, 0.1) is 11.3 Å². The predicted molar refractivity (Wildman–Crippen MR) is 133 cm³/mol. The molecular formula is C28H32N4O2. The van der Waals surface area contributed by atoms with Gasteiger partial charge < -0.3 is 9.80 Å². The summed E-state index contributed by atoms with van der Waals surface area (Å²) in [4.78, 5) is 30.5. The van der Waals surface area contributed by atoms with Crippen molar-refractivity contribution in [3.05, 3.63) is 72.4 Å². The molecule has 2 amide bonds. The number of nitrogens with zero attached hydrogens (tertiary/aromatic N) is 4. The molecular weight excluding hydrogens is 424 g/mol. The Morgan fingerprint density at radius 2 is 1.47 bits per heavy atom. The zero-order valence-corrected chi connectivity index (χ0v) is 19.8. The van der Waals surface area contributed by atoms with Crippen molar-refractivity contribution in [1.82, 2.24) is 19.6 Å². The van der Waals surface area contributed by atoms with Crippen LogP contribution in [-0.2, 0) is 4.79 Å². The first-order valence-corrected chi connectivity index (χ1v) is 12.4. The Balaban J connectivity index is 1.33. The predicted octanol–water partition coefficient (Wildman–Crippen LogP) is 4.65. The second kappa shape index (κ2) is 9.84. The Hall–Kier alpha value is -3.41. The smallest absolute Gasteiger partial charge is 0.257 e. The molecule has 2 aliphatic rings. The van der Waals surface area contributed by atoms with E-state index in [0.29, 0.717) is 30.3 Å². The first-order chi connectivity index (χ1) is 16.6. The highest BCUT2D eigenvalue weighted by Crippen LogP contribution is 2.30. The molecule has 3 heterocycles. The molecule has 1 atom stereocenters. The van der Waals surface area contributed by atoms with Gasteiger partial charge in [0.1, 0.15) is 5.69 Å². The molecule has 2 fully saturated rings. The number of carbonyl (C=O) groups excluding carboxylic acids is 2. The van der Waals surface area contributed by atoms with Gasteiger partial charge in [-0.25, -0.2) is 4.68 Å². The summed E-state index contributed by atoms with van der Waals surface area (Å²) < 4.78 is 1.79. The lowest BCUT2D eigenvalue weighted by molar-refractivity contribution is -0.136. The third-order valence-corrected chi connectivity index (χ3v) is 7.35. The van der Waals surface area contributed by atoms with Crippen molar-refractivity contribution < 1.29 is 9.59 Å². The number of carbonyl (C=O) groups is 2. The van der Waals surface area contributed by atoms with E-state index in [2.05, 4.69) is 6.92 Å². The maximum Gasteiger partial charge on any atom is 0.257 e. The number of benzene rings is 2. The number of hydrogen-bond acceptors (Lipinski definition) is 3. The van der Waals surface area contributed by atoms with Crippen LogP contribution in [0.4, 0.5) is 0 Å². The van der Waals surface area contributed by atoms with E-state index < -0.39 is 0 Å². The van der Waals surface area contributed by atoms with Gasteiger partial charge >= 0.3 is 0 Å². The van der Waals surface area contributed by atoms with Gasteiger partial charge in [0.2, 0.25) is 5.91 Å². The van der Waals surface area contributed by atoms with Gasteiger partial charge in [0.25, 0.3) is 5.91 Å². The first-order valence-electron chi connectivity index (χ1n) is 12.4. The largest absolute Gasteiger partial charge is 0.342 e. The van der Waals surface area contributed by atoms with Crippen molar-refractivity contribution in [2.45, 2.75) is 32.6 Å². The van der Waals surface area contributed by atoms with Crippen LogP contribution in [0.5, 0.6) is 0 Å². The molecule has 0 N–H and O–H groups in total. The minimum absolute atomic E-state index is 0.0120. The van der Waals surface area contributed by atoms with E-state index in [1.165, 1.54) is 0 Å². The second-order valence-corrected chi connectivity index (χ2v) is 9.49. The quantitative estimate of drug-likeness (QED) is 0.562. The molecule has 0 saturated carbocycles. The molecule has 2 aliphatic heterocycles. The lowest BCUT2D eigenvalue weighted by atomic mass is 9.84. The number of para-hydroxylation sites is 1. The molecule has 3 aromatic rings. The molecule has 34 heavy (non-hydrogen) atoms. The zero-order chi connectivity index (χ0) is 23.5. The summed E-state index contributed by atoms with van der Waals surface area (Å²) >= 11 is 0. The molecule has 0 aliphatic carbocycles. The van der Waals surface area contributed by atoms with Crippen molar-refractivity contribution in [1.29, 1.82) is 0 Å². The standard InChI is InChI=1S/C28H32N4O2/c1-21(27(33)30-16-8-9-17-30)22-14-18-31(19-15-22)28(34)25-20-32(24-12-6-3-7-13-24)29-26(25)23-10-4-2-5-11-23/h2-7,10-13,20-22H,8-9,14-19H2,1H3/t21-/m0/s1. The number of rotatable bonds is 5. The van der Waals surface area contributed by atoms with Gasteiger partial charge in [-0.3, -0.25) is 9.59 Å². The van der Waals surface area contributed by atoms with Crippen LogP contribution in [0.25, 0.3) is 16.9 Å². The van der Waals surface area contributed by atoms with Crippen molar-refractivity contribution in [2.75, 3.05) is 26.2 Å². The van der Waals surface area contributed by atoms with E-state index in [-0.39, 0.29) is 17.7 Å². The van der Waals surface area contributed by atoms with E-state index >= 15 is 0 Å². The van der Waals surface area contributed by atoms with E-state index in [0.717, 1.165) is 50.0 Å². The van der Waals surface area contributed by atoms with Crippen LogP contribution in [0.3, 0.4) is 0 Å². The van der Waals surface area contributed by atoms with Gasteiger partial charge in [0.15, 0.2) is 0 Å². The van der Waals surface area contributed by atoms with Crippen LogP contribution in [0.15, 0.2) is 66.9 Å². The van der Waals surface area contributed by atoms with Gasteiger partial charge in [0, 0.05) is 43.9 Å². The molecule has 0 spiro atoms. The highest BCUT2D eigenvalue weighted by atomic mass is 16.2. The summed E-state index contributed by atoms with van der Waals surface area (Å²) in [5.41, 5.74) is 3.18. The molecule has 0 unspecified atom stereocenters. The van der Waals surface area contributed by atoms with Crippen LogP contribution in [0.1, 0.15) is 43.0 Å². The molecule has 2 aromatic carbocycles. The summed E-state index contributed by atoms with van der Waals surface area (Å²) in [6, 6.07) is 19.8. The van der Waals surface area contributed by atoms with Crippen LogP contribution in [0.2, 0.25) is 0 Å². The molecule has 6 nitrogen and oxygen atoms in total. The fourth-order valence-corrected chi connectivity index (χ4v) is 5.25. The monoisotopic (exact) mass is 456 g/mol. The molecule has 0 bridgehead atoms. The lowest BCUT2D eigenvalue weighted by Gasteiger charge is -2.35. The van der Waals surface area contributed by atoms with E-state index in [9.17, 15) is 9.59 Å². The van der Waals surface area contributed by atoms with E-state index in [1.807, 2.05) is 76.7 Å². The minimum Gasteiger partial charge on any atom is -0.342 e. The summed E-state index contributed by atoms with van der Waals surface area (Å²) in [6.45, 7) is 5.21. The average Bonchev–Trinajstić information content (AvgIpc) is 3.60. The van der Waals surface area contributed by atoms with Gasteiger partial charge in [-0.05, 0) is 43.7 Å². The van der Waals surface area contributed by atoms with Crippen LogP contribution >= 0.6 is 0 Å². The fourth-order valence-electron chi connectivity index (χ4n) is 5.25. The zero-order valence-electron chi connectivity index (χ0n) is 19.8. The Morgan fingerprint density at radius 3 is 2.12 bits per heavy atom. The fraction of sp³-hybridized carbons (Fsp3) is 0.393. The normalized spacial score (nSPS) is 17.7. The van der Waals surface area contributed by atoms with Gasteiger partial charge in [-0.15, -0.1) is 0 Å². The third kappa shape index (κ3) is 4.49. The summed E-state index contributed by atoms with van der Waals surface area (Å²) in [5.74, 6) is 0.657. The number of hydrogen-bond donors (Lipinski definition) is 0. The summed E-state index contributed by atoms with van der Waals surface area (Å²) in [6.07, 6.45) is 5.81. The van der Waals surface area contributed by atoms with Gasteiger partial charge in [-0.1, -0.05) is 55.5 Å². The van der Waals surface area contributed by atoms with Crippen molar-refractivity contribution in [3.8, 4) is 16.9 Å². The number of piperidine rings is 1. The Bertz CT molecular complexity index is 1130. The highest BCUT2D eigenvalue weighted by molar-refractivity contribution is 6.00. The number of amides is 2. The number of aromatic nitrogens is 2. The van der Waals surface area contributed by atoms with Crippen molar-refractivity contribution in [2.24, 2.45) is 11.8 Å². The lowest BCUT2D eigenvalue weighted by Crippen LogP contribution is -2.43. The van der Waals surface area contributed by atoms with Crippen molar-refractivity contribution in [3.63, 3.8) is 0 Å². The molecule has 0 radical (unpaired) electrons. The maximum absolute atomic E-state index is 13.7. The Labute approximate surface area is 201 Å². The topological polar surface area (TPSA) is 58.4 Å². The summed E-state index contributed by atoms with van der Waals surface area (Å²) in [5, 5.41) is 4.80. The van der Waals surface area contributed by atoms with Crippen LogP contribution in [-0.4, -0.2) is 57.6 Å². The van der Waals surface area contributed by atoms with Crippen molar-refractivity contribution >= 4 is 11.8 Å². The molecule has 1 aromatic heterocycles. The minimum atomic E-state index is 0.0120. The first kappa shape index (κ1) is 22.4. The highest BCUT2D eigenvalue weighted by Gasteiger charge is 2.34. The molecule has 2 saturated heterocycles. The van der Waals surface area contributed by atoms with Gasteiger partial charge in [-0.2, -0.15) is 5.10 Å². The third-order valence-electron chi connectivity index (χ3n) is 7.35. The van der Waals surface area contributed by atoms with E-state index in [1.54, 1.807) is 4.68 Å². The molecule has 6 heteroatoms. The Kier molecular flexibility index (Phi) is 6.48. The van der Waals surface area contributed by atoms with Crippen LogP contribution in [0, 0.1) is 11.8 Å². The molecule has 5 rings (SSSR count). The second-order valence-electron chi connectivity index (χ2n) is 9.49. The maximum atomic E-state index is 13.7. The van der Waals surface area contributed by atoms with E-state index in [4.69, 9.17) is 5.10 Å². The Morgan fingerprint density at radius 1 is 0.853 bits per heavy atom. The SMILES string of the molecule is C[C@H](C(=O)N1CCCC1)C1CCN(C(=O)c2cn(-c3ccccc3)nc2-c2ccccc2)CC1. The molecule has 176 valence electrons. The average molecular weight is 457 g/mol. The number of likely N-dealkylation sites (tertiary alicyclic amines) is 2. The summed E-state index contributed by atoms with van der Waals surface area (Å²) in [7, 11) is 0. The van der Waals surface area contributed by atoms with Crippen LogP contribution < -0.4 is 0 Å².